The average Bonchev–Trinajstić information content (AvgIpc) is 2.38. The zero-order chi connectivity index (χ0) is 14.0. The van der Waals surface area contributed by atoms with Gasteiger partial charge in [-0.15, -0.1) is 0 Å². The molecule has 1 aromatic carbocycles. The number of carbonyl (C=O) groups excluding carboxylic acids is 1. The van der Waals surface area contributed by atoms with Crippen LogP contribution in [0.15, 0.2) is 27.8 Å². The number of piperidine rings is 1. The highest BCUT2D eigenvalue weighted by Crippen LogP contribution is 2.20. The third kappa shape index (κ3) is 2.97. The van der Waals surface area contributed by atoms with Gasteiger partial charge in [0, 0.05) is 35.5 Å². The van der Waals surface area contributed by atoms with Crippen molar-refractivity contribution in [3.05, 3.63) is 33.8 Å². The van der Waals surface area contributed by atoms with Gasteiger partial charge in [0.25, 0.3) is 5.91 Å². The van der Waals surface area contributed by atoms with Gasteiger partial charge in [-0.05, 0) is 30.7 Å². The molecule has 0 spiro atoms. The second-order valence-corrected chi connectivity index (χ2v) is 5.87. The van der Waals surface area contributed by atoms with Gasteiger partial charge in [0.1, 0.15) is 0 Å². The summed E-state index contributed by atoms with van der Waals surface area (Å²) in [6, 6.07) is 5.68. The van der Waals surface area contributed by atoms with E-state index in [0.29, 0.717) is 19.5 Å². The number of aryl methyl sites for hydroxylation is 1. The molecule has 19 heavy (non-hydrogen) atoms. The number of hydrogen-bond acceptors (Lipinski definition) is 3. The summed E-state index contributed by atoms with van der Waals surface area (Å²) >= 11 is 3.40. The van der Waals surface area contributed by atoms with Gasteiger partial charge in [-0.3, -0.25) is 4.79 Å². The van der Waals surface area contributed by atoms with E-state index in [1.807, 2.05) is 36.9 Å². The van der Waals surface area contributed by atoms with Gasteiger partial charge in [-0.2, -0.15) is 0 Å². The maximum atomic E-state index is 12.5. The third-order valence-electron chi connectivity index (χ3n) is 3.54. The van der Waals surface area contributed by atoms with Crippen molar-refractivity contribution in [3.8, 4) is 0 Å². The van der Waals surface area contributed by atoms with Crippen LogP contribution in [0.3, 0.4) is 0 Å². The van der Waals surface area contributed by atoms with E-state index in [4.69, 9.17) is 5.21 Å². The van der Waals surface area contributed by atoms with Crippen LogP contribution < -0.4 is 0 Å². The molecule has 0 radical (unpaired) electrons. The van der Waals surface area contributed by atoms with Crippen LogP contribution in [-0.4, -0.2) is 34.8 Å². The van der Waals surface area contributed by atoms with Crippen LogP contribution in [0.5, 0.6) is 0 Å². The fourth-order valence-corrected chi connectivity index (χ4v) is 2.87. The first kappa shape index (κ1) is 14.1. The van der Waals surface area contributed by atoms with Gasteiger partial charge in [-0.25, -0.2) is 0 Å². The van der Waals surface area contributed by atoms with E-state index in [0.717, 1.165) is 21.3 Å². The van der Waals surface area contributed by atoms with E-state index in [-0.39, 0.29) is 11.8 Å². The first-order chi connectivity index (χ1) is 9.02. The minimum atomic E-state index is 0.0499. The summed E-state index contributed by atoms with van der Waals surface area (Å²) < 4.78 is 0.975. The van der Waals surface area contributed by atoms with Crippen LogP contribution in [0.25, 0.3) is 0 Å². The standard InChI is InChI=1S/C14H17BrN2O2/c1-9-7-11(15)3-4-12(9)14(18)17-6-5-13(16-19)10(2)8-17/h3-4,7,10,19H,5-6,8H2,1-2H3/b16-13+. The first-order valence-corrected chi connectivity index (χ1v) is 7.08. The Morgan fingerprint density at radius 2 is 2.26 bits per heavy atom. The maximum Gasteiger partial charge on any atom is 0.254 e. The highest BCUT2D eigenvalue weighted by molar-refractivity contribution is 9.10. The van der Waals surface area contributed by atoms with Gasteiger partial charge in [0.05, 0.1) is 5.71 Å². The minimum absolute atomic E-state index is 0.0499. The molecule has 4 nitrogen and oxygen atoms in total. The van der Waals surface area contributed by atoms with Gasteiger partial charge >= 0.3 is 0 Å². The molecule has 1 N–H and O–H groups in total. The molecule has 1 aliphatic rings. The summed E-state index contributed by atoms with van der Waals surface area (Å²) in [7, 11) is 0. The van der Waals surface area contributed by atoms with E-state index in [2.05, 4.69) is 21.1 Å². The van der Waals surface area contributed by atoms with E-state index in [9.17, 15) is 4.79 Å². The van der Waals surface area contributed by atoms with E-state index >= 15 is 0 Å². The normalized spacial score (nSPS) is 21.7. The SMILES string of the molecule is Cc1cc(Br)ccc1C(=O)N1CC/C(=N\O)C(C)C1. The smallest absolute Gasteiger partial charge is 0.254 e. The number of benzene rings is 1. The minimum Gasteiger partial charge on any atom is -0.411 e. The monoisotopic (exact) mass is 324 g/mol. The molecule has 1 heterocycles. The number of oxime groups is 1. The van der Waals surface area contributed by atoms with Crippen molar-refractivity contribution in [3.63, 3.8) is 0 Å². The molecule has 1 amide bonds. The molecular weight excluding hydrogens is 308 g/mol. The molecular formula is C14H17BrN2O2. The summed E-state index contributed by atoms with van der Waals surface area (Å²) in [6.07, 6.45) is 0.638. The Morgan fingerprint density at radius 3 is 2.84 bits per heavy atom. The Balaban J connectivity index is 2.17. The summed E-state index contributed by atoms with van der Waals surface area (Å²) in [6.45, 7) is 5.13. The van der Waals surface area contributed by atoms with E-state index in [1.54, 1.807) is 0 Å². The fourth-order valence-electron chi connectivity index (χ4n) is 2.39. The van der Waals surface area contributed by atoms with Crippen molar-refractivity contribution in [2.45, 2.75) is 20.3 Å². The third-order valence-corrected chi connectivity index (χ3v) is 4.03. The molecule has 1 atom stereocenters. The molecule has 0 aliphatic carbocycles. The molecule has 102 valence electrons. The van der Waals surface area contributed by atoms with Crippen molar-refractivity contribution >= 4 is 27.5 Å². The number of rotatable bonds is 1. The number of carbonyl (C=O) groups is 1. The molecule has 0 saturated carbocycles. The lowest BCUT2D eigenvalue weighted by Crippen LogP contribution is -2.43. The number of hydrogen-bond donors (Lipinski definition) is 1. The summed E-state index contributed by atoms with van der Waals surface area (Å²) in [5.41, 5.74) is 2.48. The van der Waals surface area contributed by atoms with Crippen molar-refractivity contribution < 1.29 is 10.0 Å². The largest absolute Gasteiger partial charge is 0.411 e. The van der Waals surface area contributed by atoms with Crippen LogP contribution >= 0.6 is 15.9 Å². The van der Waals surface area contributed by atoms with Crippen LogP contribution in [-0.2, 0) is 0 Å². The fraction of sp³-hybridized carbons (Fsp3) is 0.429. The molecule has 0 aromatic heterocycles. The van der Waals surface area contributed by atoms with Crippen molar-refractivity contribution in [2.24, 2.45) is 11.1 Å². The molecule has 1 aromatic rings. The first-order valence-electron chi connectivity index (χ1n) is 6.29. The lowest BCUT2D eigenvalue weighted by atomic mass is 9.96. The Morgan fingerprint density at radius 1 is 1.53 bits per heavy atom. The highest BCUT2D eigenvalue weighted by atomic mass is 79.9. The molecule has 5 heteroatoms. The quantitative estimate of drug-likeness (QED) is 0.637. The number of amides is 1. The molecule has 1 saturated heterocycles. The number of nitrogens with zero attached hydrogens (tertiary/aromatic N) is 2. The summed E-state index contributed by atoms with van der Waals surface area (Å²) in [5, 5.41) is 12.2. The Labute approximate surface area is 121 Å². The topological polar surface area (TPSA) is 52.9 Å². The van der Waals surface area contributed by atoms with Crippen LogP contribution in [0, 0.1) is 12.8 Å². The van der Waals surface area contributed by atoms with Gasteiger partial charge in [0.15, 0.2) is 0 Å². The van der Waals surface area contributed by atoms with Crippen molar-refractivity contribution in [1.82, 2.24) is 4.90 Å². The predicted molar refractivity (Wildman–Crippen MR) is 77.8 cm³/mol. The van der Waals surface area contributed by atoms with Gasteiger partial charge in [-0.1, -0.05) is 28.0 Å². The van der Waals surface area contributed by atoms with Gasteiger partial charge in [0.2, 0.25) is 0 Å². The lowest BCUT2D eigenvalue weighted by molar-refractivity contribution is 0.0733. The predicted octanol–water partition coefficient (Wildman–Crippen LogP) is 3.07. The average molecular weight is 325 g/mol. The molecule has 0 bridgehead atoms. The maximum absolute atomic E-state index is 12.5. The Kier molecular flexibility index (Phi) is 4.24. The molecule has 1 unspecified atom stereocenters. The molecule has 2 rings (SSSR count). The molecule has 1 aliphatic heterocycles. The van der Waals surface area contributed by atoms with Crippen LogP contribution in [0.2, 0.25) is 0 Å². The Hall–Kier alpha value is -1.36. The van der Waals surface area contributed by atoms with Crippen molar-refractivity contribution in [2.75, 3.05) is 13.1 Å². The van der Waals surface area contributed by atoms with E-state index in [1.165, 1.54) is 0 Å². The van der Waals surface area contributed by atoms with E-state index < -0.39 is 0 Å². The Bertz CT molecular complexity index is 528. The van der Waals surface area contributed by atoms with Gasteiger partial charge < -0.3 is 10.1 Å². The number of halogens is 1. The zero-order valence-electron chi connectivity index (χ0n) is 11.1. The number of likely N-dealkylation sites (tertiary alicyclic amines) is 1. The summed E-state index contributed by atoms with van der Waals surface area (Å²) in [4.78, 5) is 14.3. The van der Waals surface area contributed by atoms with Crippen LogP contribution in [0.1, 0.15) is 29.3 Å². The second kappa shape index (κ2) is 5.74. The zero-order valence-corrected chi connectivity index (χ0v) is 12.6. The second-order valence-electron chi connectivity index (χ2n) is 4.95. The lowest BCUT2D eigenvalue weighted by Gasteiger charge is -2.31. The van der Waals surface area contributed by atoms with Crippen LogP contribution in [0.4, 0.5) is 0 Å². The highest BCUT2D eigenvalue weighted by Gasteiger charge is 2.27. The summed E-state index contributed by atoms with van der Waals surface area (Å²) in [5.74, 6) is 0.160. The molecule has 1 fully saturated rings. The van der Waals surface area contributed by atoms with Crippen molar-refractivity contribution in [1.29, 1.82) is 0 Å².